The molecule has 11 heteroatoms. The van der Waals surface area contributed by atoms with E-state index in [4.69, 9.17) is 35.5 Å². The number of amides is 1. The fourth-order valence-corrected chi connectivity index (χ4v) is 5.02. The van der Waals surface area contributed by atoms with Crippen molar-refractivity contribution in [3.8, 4) is 17.2 Å². The van der Waals surface area contributed by atoms with Crippen molar-refractivity contribution < 1.29 is 23.7 Å². The molecule has 3 aromatic rings. The second kappa shape index (κ2) is 13.1. The lowest BCUT2D eigenvalue weighted by Crippen LogP contribution is -2.40. The van der Waals surface area contributed by atoms with Crippen LogP contribution in [0.5, 0.6) is 17.2 Å². The molecule has 0 radical (unpaired) electrons. The molecular formula is C24H29Cl2N3O5S. The SMILES string of the molecule is COc1ccc(OCC(=O)N(CCCN2CCOCC2)c2nc3c(OC)ccc(Cl)c3s2)cc1.Cl. The average Bonchev–Trinajstić information content (AvgIpc) is 3.32. The van der Waals surface area contributed by atoms with Crippen LogP contribution < -0.4 is 19.1 Å². The Labute approximate surface area is 220 Å². The van der Waals surface area contributed by atoms with Crippen molar-refractivity contribution in [2.24, 2.45) is 0 Å². The van der Waals surface area contributed by atoms with Crippen LogP contribution in [-0.4, -0.2) is 76.0 Å². The summed E-state index contributed by atoms with van der Waals surface area (Å²) in [4.78, 5) is 22.0. The molecule has 0 atom stereocenters. The van der Waals surface area contributed by atoms with Gasteiger partial charge in [-0.15, -0.1) is 12.4 Å². The van der Waals surface area contributed by atoms with Crippen molar-refractivity contribution in [1.82, 2.24) is 9.88 Å². The molecule has 0 aliphatic carbocycles. The maximum Gasteiger partial charge on any atom is 0.266 e. The number of hydrogen-bond donors (Lipinski definition) is 0. The summed E-state index contributed by atoms with van der Waals surface area (Å²) in [6.45, 7) is 4.59. The largest absolute Gasteiger partial charge is 0.497 e. The summed E-state index contributed by atoms with van der Waals surface area (Å²) in [7, 11) is 3.20. The predicted octanol–water partition coefficient (Wildman–Crippen LogP) is 4.52. The van der Waals surface area contributed by atoms with Crippen molar-refractivity contribution in [3.63, 3.8) is 0 Å². The number of ether oxygens (including phenoxy) is 4. The standard InChI is InChI=1S/C24H28ClN3O5S.ClH/c1-30-17-4-6-18(7-5-17)33-16-21(29)28(11-3-10-27-12-14-32-15-13-27)24-26-22-20(31-2)9-8-19(25)23(22)34-24;/h4-9H,3,10-16H2,1-2H3;1H. The Hall–Kier alpha value is -2.30. The monoisotopic (exact) mass is 541 g/mol. The van der Waals surface area contributed by atoms with E-state index in [9.17, 15) is 4.79 Å². The van der Waals surface area contributed by atoms with E-state index in [1.54, 1.807) is 55.5 Å². The van der Waals surface area contributed by atoms with Crippen LogP contribution in [0.3, 0.4) is 0 Å². The van der Waals surface area contributed by atoms with Gasteiger partial charge < -0.3 is 18.9 Å². The number of benzene rings is 2. The molecule has 4 rings (SSSR count). The molecule has 0 N–H and O–H groups in total. The van der Waals surface area contributed by atoms with Gasteiger partial charge in [0.15, 0.2) is 11.7 Å². The fraction of sp³-hybridized carbons (Fsp3) is 0.417. The van der Waals surface area contributed by atoms with Gasteiger partial charge in [-0.3, -0.25) is 14.6 Å². The molecule has 0 unspecified atom stereocenters. The van der Waals surface area contributed by atoms with Crippen molar-refractivity contribution in [3.05, 3.63) is 41.4 Å². The lowest BCUT2D eigenvalue weighted by Gasteiger charge is -2.27. The Morgan fingerprint density at radius 3 is 2.51 bits per heavy atom. The first-order chi connectivity index (χ1) is 16.6. The Kier molecular flexibility index (Phi) is 10.2. The number of halogens is 2. The van der Waals surface area contributed by atoms with E-state index in [0.717, 1.165) is 49.7 Å². The van der Waals surface area contributed by atoms with Gasteiger partial charge in [0.1, 0.15) is 22.8 Å². The number of methoxy groups -OCH3 is 2. The summed E-state index contributed by atoms with van der Waals surface area (Å²) in [5.74, 6) is 1.77. The molecule has 0 saturated carbocycles. The number of carbonyl (C=O) groups excluding carboxylic acids is 1. The van der Waals surface area contributed by atoms with E-state index in [2.05, 4.69) is 4.90 Å². The van der Waals surface area contributed by atoms with Crippen molar-refractivity contribution >= 4 is 56.6 Å². The number of fused-ring (bicyclic) bond motifs is 1. The number of rotatable bonds is 10. The van der Waals surface area contributed by atoms with E-state index in [0.29, 0.717) is 33.7 Å². The van der Waals surface area contributed by atoms with Gasteiger partial charge in [0, 0.05) is 26.2 Å². The van der Waals surface area contributed by atoms with Gasteiger partial charge in [0.25, 0.3) is 5.91 Å². The van der Waals surface area contributed by atoms with Gasteiger partial charge in [-0.25, -0.2) is 4.98 Å². The summed E-state index contributed by atoms with van der Waals surface area (Å²) < 4.78 is 22.6. The van der Waals surface area contributed by atoms with Gasteiger partial charge in [-0.1, -0.05) is 22.9 Å². The van der Waals surface area contributed by atoms with Crippen molar-refractivity contribution in [2.75, 3.05) is 65.1 Å². The smallest absolute Gasteiger partial charge is 0.266 e. The summed E-state index contributed by atoms with van der Waals surface area (Å²) in [6, 6.07) is 10.7. The Morgan fingerprint density at radius 1 is 1.11 bits per heavy atom. The predicted molar refractivity (Wildman–Crippen MR) is 141 cm³/mol. The van der Waals surface area contributed by atoms with Crippen LogP contribution in [0, 0.1) is 0 Å². The number of morpholine rings is 1. The van der Waals surface area contributed by atoms with Gasteiger partial charge in [0.05, 0.1) is 37.2 Å². The van der Waals surface area contributed by atoms with Crippen LogP contribution in [0.15, 0.2) is 36.4 Å². The molecule has 0 spiro atoms. The van der Waals surface area contributed by atoms with Gasteiger partial charge in [-0.2, -0.15) is 0 Å². The molecule has 1 aliphatic rings. The second-order valence-electron chi connectivity index (χ2n) is 7.74. The maximum atomic E-state index is 13.3. The zero-order valence-electron chi connectivity index (χ0n) is 19.7. The van der Waals surface area contributed by atoms with Gasteiger partial charge >= 0.3 is 0 Å². The highest BCUT2D eigenvalue weighted by Crippen LogP contribution is 2.38. The van der Waals surface area contributed by atoms with E-state index in [-0.39, 0.29) is 24.9 Å². The van der Waals surface area contributed by atoms with E-state index < -0.39 is 0 Å². The summed E-state index contributed by atoms with van der Waals surface area (Å²) >= 11 is 7.79. The molecule has 1 saturated heterocycles. The van der Waals surface area contributed by atoms with Crippen LogP contribution in [-0.2, 0) is 9.53 Å². The highest BCUT2D eigenvalue weighted by atomic mass is 35.5. The molecule has 1 fully saturated rings. The third-order valence-corrected chi connectivity index (χ3v) is 7.12. The minimum Gasteiger partial charge on any atom is -0.497 e. The average molecular weight is 542 g/mol. The third kappa shape index (κ3) is 6.89. The van der Waals surface area contributed by atoms with Crippen LogP contribution in [0.4, 0.5) is 5.13 Å². The summed E-state index contributed by atoms with van der Waals surface area (Å²) in [6.07, 6.45) is 0.801. The van der Waals surface area contributed by atoms with Crippen LogP contribution >= 0.6 is 35.3 Å². The number of hydrogen-bond acceptors (Lipinski definition) is 8. The Balaban J connectivity index is 0.00000342. The zero-order chi connectivity index (χ0) is 23.9. The van der Waals surface area contributed by atoms with Gasteiger partial charge in [-0.05, 0) is 42.8 Å². The van der Waals surface area contributed by atoms with Crippen LogP contribution in [0.25, 0.3) is 10.2 Å². The van der Waals surface area contributed by atoms with Crippen LogP contribution in [0.2, 0.25) is 5.02 Å². The quantitative estimate of drug-likeness (QED) is 0.373. The summed E-state index contributed by atoms with van der Waals surface area (Å²) in [5.41, 5.74) is 0.650. The number of carbonyl (C=O) groups is 1. The topological polar surface area (TPSA) is 73.4 Å². The zero-order valence-corrected chi connectivity index (χ0v) is 22.1. The normalized spacial score (nSPS) is 13.8. The van der Waals surface area contributed by atoms with Crippen LogP contribution in [0.1, 0.15) is 6.42 Å². The fourth-order valence-electron chi connectivity index (χ4n) is 3.72. The Morgan fingerprint density at radius 2 is 1.83 bits per heavy atom. The lowest BCUT2D eigenvalue weighted by molar-refractivity contribution is -0.120. The van der Waals surface area contributed by atoms with E-state index in [1.807, 2.05) is 0 Å². The molecule has 1 aromatic heterocycles. The number of thiazole rings is 1. The molecule has 0 bridgehead atoms. The minimum atomic E-state index is -0.174. The lowest BCUT2D eigenvalue weighted by atomic mass is 10.3. The maximum absolute atomic E-state index is 13.3. The highest BCUT2D eigenvalue weighted by molar-refractivity contribution is 7.23. The Bertz CT molecular complexity index is 1110. The molecule has 1 aliphatic heterocycles. The number of nitrogens with zero attached hydrogens (tertiary/aromatic N) is 3. The first-order valence-electron chi connectivity index (χ1n) is 11.1. The summed E-state index contributed by atoms with van der Waals surface area (Å²) in [5, 5.41) is 1.15. The number of anilines is 1. The molecule has 35 heavy (non-hydrogen) atoms. The molecule has 2 aromatic carbocycles. The molecule has 1 amide bonds. The first-order valence-corrected chi connectivity index (χ1v) is 12.3. The highest BCUT2D eigenvalue weighted by Gasteiger charge is 2.23. The van der Waals surface area contributed by atoms with E-state index in [1.165, 1.54) is 11.3 Å². The molecule has 2 heterocycles. The van der Waals surface area contributed by atoms with Gasteiger partial charge in [0.2, 0.25) is 0 Å². The molecular weight excluding hydrogens is 513 g/mol. The third-order valence-electron chi connectivity index (χ3n) is 5.58. The number of aromatic nitrogens is 1. The first kappa shape index (κ1) is 27.3. The van der Waals surface area contributed by atoms with Crippen molar-refractivity contribution in [1.29, 1.82) is 0 Å². The second-order valence-corrected chi connectivity index (χ2v) is 9.13. The minimum absolute atomic E-state index is 0. The molecule has 8 nitrogen and oxygen atoms in total. The van der Waals surface area contributed by atoms with Crippen molar-refractivity contribution in [2.45, 2.75) is 6.42 Å². The molecule has 190 valence electrons. The van der Waals surface area contributed by atoms with E-state index >= 15 is 0 Å².